The Morgan fingerprint density at radius 1 is 1.40 bits per heavy atom. The zero-order valence-electron chi connectivity index (χ0n) is 11.0. The molecule has 0 radical (unpaired) electrons. The molecule has 3 rings (SSSR count). The second-order valence-electron chi connectivity index (χ2n) is 5.14. The van der Waals surface area contributed by atoms with Crippen molar-refractivity contribution in [1.82, 2.24) is 20.2 Å². The summed E-state index contributed by atoms with van der Waals surface area (Å²) in [5.41, 5.74) is 11.6. The summed E-state index contributed by atoms with van der Waals surface area (Å²) in [5.74, 6) is 1.17. The van der Waals surface area contributed by atoms with Gasteiger partial charge in [0.05, 0.1) is 11.6 Å². The van der Waals surface area contributed by atoms with Gasteiger partial charge in [-0.1, -0.05) is 0 Å². The van der Waals surface area contributed by atoms with Gasteiger partial charge in [0.1, 0.15) is 5.82 Å². The maximum atomic E-state index is 11.0. The van der Waals surface area contributed by atoms with Crippen LogP contribution < -0.4 is 16.4 Å². The Hall–Kier alpha value is -2.38. The van der Waals surface area contributed by atoms with Gasteiger partial charge in [-0.25, -0.2) is 0 Å². The lowest BCUT2D eigenvalue weighted by atomic mass is 9.93. The van der Waals surface area contributed by atoms with Gasteiger partial charge >= 0.3 is 0 Å². The van der Waals surface area contributed by atoms with Crippen LogP contribution in [0.2, 0.25) is 0 Å². The normalized spacial score (nSPS) is 16.7. The molecule has 8 nitrogen and oxygen atoms in total. The number of rotatable bonds is 3. The number of amides is 1. The molecule has 1 saturated heterocycles. The van der Waals surface area contributed by atoms with Crippen molar-refractivity contribution in [2.45, 2.75) is 19.3 Å². The van der Waals surface area contributed by atoms with E-state index in [1.165, 1.54) is 0 Å². The average molecular weight is 275 g/mol. The molecule has 1 amide bonds. The number of hydrogen-bond donors (Lipinski definition) is 3. The number of nitrogens with two attached hydrogens (primary N) is 2. The quantitative estimate of drug-likeness (QED) is 0.725. The Morgan fingerprint density at radius 2 is 2.15 bits per heavy atom. The Labute approximate surface area is 115 Å². The smallest absolute Gasteiger partial charge is 0.224 e. The largest absolute Gasteiger partial charge is 0.370 e. The highest BCUT2D eigenvalue weighted by atomic mass is 16.1. The third-order valence-corrected chi connectivity index (χ3v) is 3.71. The van der Waals surface area contributed by atoms with E-state index in [4.69, 9.17) is 11.5 Å². The fourth-order valence-corrected chi connectivity index (χ4v) is 2.71. The van der Waals surface area contributed by atoms with Crippen LogP contribution in [0.3, 0.4) is 0 Å². The van der Waals surface area contributed by atoms with Crippen LogP contribution in [0.4, 0.5) is 11.8 Å². The third-order valence-electron chi connectivity index (χ3n) is 3.71. The zero-order valence-corrected chi connectivity index (χ0v) is 11.0. The Kier molecular flexibility index (Phi) is 3.13. The van der Waals surface area contributed by atoms with Crippen LogP contribution in [0.1, 0.15) is 19.3 Å². The van der Waals surface area contributed by atoms with Crippen molar-refractivity contribution in [1.29, 1.82) is 0 Å². The minimum atomic E-state index is -0.230. The molecule has 0 saturated carbocycles. The number of piperidine rings is 1. The van der Waals surface area contributed by atoms with Crippen LogP contribution in [-0.2, 0) is 4.79 Å². The molecular weight excluding hydrogens is 258 g/mol. The number of hydrogen-bond acceptors (Lipinski definition) is 6. The van der Waals surface area contributed by atoms with Crippen molar-refractivity contribution in [2.24, 2.45) is 11.7 Å². The molecule has 20 heavy (non-hydrogen) atoms. The van der Waals surface area contributed by atoms with Gasteiger partial charge in [0.15, 0.2) is 5.65 Å². The number of anilines is 2. The molecule has 8 heteroatoms. The van der Waals surface area contributed by atoms with E-state index >= 15 is 0 Å². The van der Waals surface area contributed by atoms with Crippen LogP contribution in [0.5, 0.6) is 0 Å². The van der Waals surface area contributed by atoms with Crippen molar-refractivity contribution < 1.29 is 4.79 Å². The Morgan fingerprint density at radius 3 is 2.85 bits per heavy atom. The fourth-order valence-electron chi connectivity index (χ4n) is 2.71. The van der Waals surface area contributed by atoms with E-state index in [1.54, 1.807) is 6.20 Å². The number of aromatic amines is 1. The SMILES string of the molecule is NC(=O)CC1CCN(c2nc(N)nc3[nH]ncc23)CC1. The van der Waals surface area contributed by atoms with Crippen LogP contribution in [0, 0.1) is 5.92 Å². The predicted molar refractivity (Wildman–Crippen MR) is 74.8 cm³/mol. The first-order valence-electron chi connectivity index (χ1n) is 6.63. The van der Waals surface area contributed by atoms with Crippen molar-refractivity contribution in [3.8, 4) is 0 Å². The number of fused-ring (bicyclic) bond motifs is 1. The highest BCUT2D eigenvalue weighted by Crippen LogP contribution is 2.28. The van der Waals surface area contributed by atoms with Gasteiger partial charge in [-0.3, -0.25) is 9.89 Å². The molecule has 5 N–H and O–H groups in total. The van der Waals surface area contributed by atoms with E-state index < -0.39 is 0 Å². The Balaban J connectivity index is 1.79. The molecule has 2 aromatic heterocycles. The van der Waals surface area contributed by atoms with E-state index in [-0.39, 0.29) is 11.9 Å². The minimum absolute atomic E-state index is 0.230. The second kappa shape index (κ2) is 4.95. The molecule has 0 atom stereocenters. The number of H-pyrrole nitrogens is 1. The molecular formula is C12H17N7O. The maximum Gasteiger partial charge on any atom is 0.224 e. The number of nitrogens with one attached hydrogen (secondary N) is 1. The average Bonchev–Trinajstić information content (AvgIpc) is 2.86. The van der Waals surface area contributed by atoms with Crippen molar-refractivity contribution in [3.05, 3.63) is 6.20 Å². The van der Waals surface area contributed by atoms with Gasteiger partial charge in [0, 0.05) is 19.5 Å². The number of primary amides is 1. The molecule has 0 aliphatic carbocycles. The van der Waals surface area contributed by atoms with E-state index in [9.17, 15) is 4.79 Å². The predicted octanol–water partition coefficient (Wildman–Crippen LogP) is 0.0269. The molecule has 1 aliphatic rings. The lowest BCUT2D eigenvalue weighted by Crippen LogP contribution is -2.35. The zero-order chi connectivity index (χ0) is 14.1. The summed E-state index contributed by atoms with van der Waals surface area (Å²) in [6, 6.07) is 0. The molecule has 1 fully saturated rings. The molecule has 0 aromatic carbocycles. The van der Waals surface area contributed by atoms with Crippen LogP contribution >= 0.6 is 0 Å². The standard InChI is InChI=1S/C12H17N7O/c13-9(20)5-7-1-3-19(4-2-7)11-8-6-15-18-10(8)16-12(14)17-11/h6-7H,1-5H2,(H2,13,20)(H3,14,15,16,17,18). The van der Waals surface area contributed by atoms with E-state index in [0.717, 1.165) is 37.1 Å². The summed E-state index contributed by atoms with van der Waals surface area (Å²) in [5, 5.41) is 7.66. The molecule has 0 unspecified atom stereocenters. The van der Waals surface area contributed by atoms with Gasteiger partial charge < -0.3 is 16.4 Å². The fraction of sp³-hybridized carbons (Fsp3) is 0.500. The third kappa shape index (κ3) is 2.36. The van der Waals surface area contributed by atoms with Gasteiger partial charge in [-0.05, 0) is 18.8 Å². The lowest BCUT2D eigenvalue weighted by molar-refractivity contribution is -0.119. The molecule has 106 valence electrons. The number of nitrogens with zero attached hydrogens (tertiary/aromatic N) is 4. The van der Waals surface area contributed by atoms with Gasteiger partial charge in [0.2, 0.25) is 11.9 Å². The van der Waals surface area contributed by atoms with E-state index in [2.05, 4.69) is 25.1 Å². The molecule has 0 spiro atoms. The van der Waals surface area contributed by atoms with Crippen molar-refractivity contribution in [2.75, 3.05) is 23.7 Å². The van der Waals surface area contributed by atoms with Crippen LogP contribution in [0.15, 0.2) is 6.20 Å². The highest BCUT2D eigenvalue weighted by Gasteiger charge is 2.23. The first-order valence-corrected chi connectivity index (χ1v) is 6.63. The minimum Gasteiger partial charge on any atom is -0.370 e. The molecule has 2 aromatic rings. The van der Waals surface area contributed by atoms with Crippen LogP contribution in [0.25, 0.3) is 11.0 Å². The monoisotopic (exact) mass is 275 g/mol. The van der Waals surface area contributed by atoms with Gasteiger partial charge in [-0.15, -0.1) is 0 Å². The topological polar surface area (TPSA) is 127 Å². The summed E-state index contributed by atoms with van der Waals surface area (Å²) < 4.78 is 0. The second-order valence-corrected chi connectivity index (χ2v) is 5.14. The maximum absolute atomic E-state index is 11.0. The Bertz CT molecular complexity index is 630. The van der Waals surface area contributed by atoms with Crippen LogP contribution in [-0.4, -0.2) is 39.2 Å². The van der Waals surface area contributed by atoms with Crippen molar-refractivity contribution in [3.63, 3.8) is 0 Å². The molecule has 1 aliphatic heterocycles. The highest BCUT2D eigenvalue weighted by molar-refractivity contribution is 5.87. The van der Waals surface area contributed by atoms with E-state index in [1.807, 2.05) is 0 Å². The van der Waals surface area contributed by atoms with E-state index in [0.29, 0.717) is 18.0 Å². The summed E-state index contributed by atoms with van der Waals surface area (Å²) in [6.45, 7) is 1.66. The lowest BCUT2D eigenvalue weighted by Gasteiger charge is -2.32. The molecule has 0 bridgehead atoms. The summed E-state index contributed by atoms with van der Waals surface area (Å²) in [7, 11) is 0. The van der Waals surface area contributed by atoms with Crippen molar-refractivity contribution >= 4 is 28.7 Å². The number of carbonyl (C=O) groups is 1. The number of carbonyl (C=O) groups excluding carboxylic acids is 1. The van der Waals surface area contributed by atoms with Gasteiger partial charge in [-0.2, -0.15) is 15.1 Å². The summed E-state index contributed by atoms with van der Waals surface area (Å²) in [6.07, 6.45) is 4.01. The van der Waals surface area contributed by atoms with Gasteiger partial charge in [0.25, 0.3) is 0 Å². The summed E-state index contributed by atoms with van der Waals surface area (Å²) in [4.78, 5) is 21.6. The molecule has 3 heterocycles. The first kappa shape index (κ1) is 12.6. The summed E-state index contributed by atoms with van der Waals surface area (Å²) >= 11 is 0. The first-order chi connectivity index (χ1) is 9.63. The number of aromatic nitrogens is 4. The number of nitrogen functional groups attached to an aromatic ring is 1.